The molecule has 0 amide bonds. The van der Waals surface area contributed by atoms with E-state index in [1.165, 1.54) is 0 Å². The van der Waals surface area contributed by atoms with Crippen molar-refractivity contribution >= 4 is 5.97 Å². The van der Waals surface area contributed by atoms with E-state index in [1.54, 1.807) is 0 Å². The van der Waals surface area contributed by atoms with Crippen molar-refractivity contribution in [2.45, 2.75) is 26.4 Å². The van der Waals surface area contributed by atoms with Crippen LogP contribution in [0.2, 0.25) is 0 Å². The van der Waals surface area contributed by atoms with Crippen LogP contribution in [-0.4, -0.2) is 25.3 Å². The molecule has 0 aliphatic carbocycles. The zero-order valence-corrected chi connectivity index (χ0v) is 8.16. The lowest BCUT2D eigenvalue weighted by Gasteiger charge is -2.22. The third kappa shape index (κ3) is 2.84. The molecule has 0 bridgehead atoms. The number of hydrogen-bond acceptors (Lipinski definition) is 3. The Balaban J connectivity index is 2.45. The van der Waals surface area contributed by atoms with E-state index in [-0.39, 0.29) is 18.0 Å². The number of ether oxygens (including phenoxy) is 2. The maximum atomic E-state index is 11.3. The minimum atomic E-state index is -0.198. The second-order valence-electron chi connectivity index (χ2n) is 3.09. The molecule has 0 aromatic carbocycles. The molecule has 1 heterocycles. The van der Waals surface area contributed by atoms with Gasteiger partial charge in [-0.05, 0) is 20.3 Å². The molecule has 0 N–H and O–H groups in total. The van der Waals surface area contributed by atoms with Gasteiger partial charge in [0.1, 0.15) is 0 Å². The van der Waals surface area contributed by atoms with E-state index in [2.05, 4.69) is 0 Å². The Morgan fingerprint density at radius 3 is 3.08 bits per heavy atom. The molecule has 0 aromatic heterocycles. The summed E-state index contributed by atoms with van der Waals surface area (Å²) in [6.45, 7) is 4.77. The Morgan fingerprint density at radius 1 is 1.77 bits per heavy atom. The predicted molar refractivity (Wildman–Crippen MR) is 49.3 cm³/mol. The second kappa shape index (κ2) is 5.02. The Kier molecular flexibility index (Phi) is 3.96. The first-order valence-corrected chi connectivity index (χ1v) is 4.70. The summed E-state index contributed by atoms with van der Waals surface area (Å²) in [6, 6.07) is 0. The fourth-order valence-electron chi connectivity index (χ4n) is 1.28. The topological polar surface area (TPSA) is 35.5 Å². The number of esters is 1. The van der Waals surface area contributed by atoms with Crippen molar-refractivity contribution in [1.29, 1.82) is 0 Å². The van der Waals surface area contributed by atoms with Gasteiger partial charge in [-0.2, -0.15) is 0 Å². The zero-order chi connectivity index (χ0) is 9.68. The first-order valence-electron chi connectivity index (χ1n) is 4.70. The highest BCUT2D eigenvalue weighted by Gasteiger charge is 2.24. The van der Waals surface area contributed by atoms with Crippen LogP contribution < -0.4 is 0 Å². The van der Waals surface area contributed by atoms with Gasteiger partial charge in [-0.25, -0.2) is 0 Å². The SMILES string of the molecule is CCOC(=O)[C@@H](C)[C@@H]1C=CCCO1. The summed E-state index contributed by atoms with van der Waals surface area (Å²) in [5.41, 5.74) is 0. The normalized spacial score (nSPS) is 24.0. The molecule has 2 atom stereocenters. The van der Waals surface area contributed by atoms with Crippen LogP contribution in [0.25, 0.3) is 0 Å². The van der Waals surface area contributed by atoms with Crippen molar-refractivity contribution in [3.8, 4) is 0 Å². The zero-order valence-electron chi connectivity index (χ0n) is 8.16. The molecule has 74 valence electrons. The lowest BCUT2D eigenvalue weighted by molar-refractivity contribution is -0.151. The van der Waals surface area contributed by atoms with Crippen molar-refractivity contribution in [3.63, 3.8) is 0 Å². The molecule has 0 saturated heterocycles. The van der Waals surface area contributed by atoms with Crippen molar-refractivity contribution in [3.05, 3.63) is 12.2 Å². The van der Waals surface area contributed by atoms with E-state index in [9.17, 15) is 4.79 Å². The van der Waals surface area contributed by atoms with Gasteiger partial charge in [0.05, 0.1) is 25.2 Å². The number of carbonyl (C=O) groups is 1. The average molecular weight is 184 g/mol. The number of carbonyl (C=O) groups excluding carboxylic acids is 1. The van der Waals surface area contributed by atoms with Gasteiger partial charge in [-0.1, -0.05) is 12.2 Å². The fraction of sp³-hybridized carbons (Fsp3) is 0.700. The molecular weight excluding hydrogens is 168 g/mol. The van der Waals surface area contributed by atoms with Gasteiger partial charge in [-0.3, -0.25) is 4.79 Å². The maximum Gasteiger partial charge on any atom is 0.311 e. The van der Waals surface area contributed by atoms with Gasteiger partial charge < -0.3 is 9.47 Å². The summed E-state index contributed by atoms with van der Waals surface area (Å²) in [6.07, 6.45) is 4.81. The van der Waals surface area contributed by atoms with E-state index in [1.807, 2.05) is 26.0 Å². The first-order chi connectivity index (χ1) is 6.25. The molecule has 0 fully saturated rings. The highest BCUT2D eigenvalue weighted by Crippen LogP contribution is 2.15. The summed E-state index contributed by atoms with van der Waals surface area (Å²) >= 11 is 0. The Bertz CT molecular complexity index is 198. The standard InChI is InChI=1S/C10H16O3/c1-3-12-10(11)8(2)9-6-4-5-7-13-9/h4,6,8-9H,3,5,7H2,1-2H3/t8-,9-/m0/s1. The van der Waals surface area contributed by atoms with Crippen LogP contribution in [0, 0.1) is 5.92 Å². The van der Waals surface area contributed by atoms with Crippen LogP contribution in [0.5, 0.6) is 0 Å². The lowest BCUT2D eigenvalue weighted by Crippen LogP contribution is -2.30. The molecule has 13 heavy (non-hydrogen) atoms. The summed E-state index contributed by atoms with van der Waals surface area (Å²) in [5.74, 6) is -0.379. The third-order valence-corrected chi connectivity index (χ3v) is 2.07. The first kappa shape index (κ1) is 10.3. The van der Waals surface area contributed by atoms with Gasteiger partial charge in [0, 0.05) is 0 Å². The van der Waals surface area contributed by atoms with Crippen LogP contribution in [0.3, 0.4) is 0 Å². The van der Waals surface area contributed by atoms with E-state index in [4.69, 9.17) is 9.47 Å². The molecule has 0 spiro atoms. The predicted octanol–water partition coefficient (Wildman–Crippen LogP) is 1.53. The van der Waals surface area contributed by atoms with Crippen LogP contribution in [-0.2, 0) is 14.3 Å². The van der Waals surface area contributed by atoms with Crippen molar-refractivity contribution < 1.29 is 14.3 Å². The second-order valence-corrected chi connectivity index (χ2v) is 3.09. The van der Waals surface area contributed by atoms with Crippen LogP contribution in [0.15, 0.2) is 12.2 Å². The molecule has 1 rings (SSSR count). The molecule has 3 nitrogen and oxygen atoms in total. The summed E-state index contributed by atoms with van der Waals surface area (Å²) in [4.78, 5) is 11.3. The smallest absolute Gasteiger partial charge is 0.311 e. The Labute approximate surface area is 78.7 Å². The van der Waals surface area contributed by atoms with Crippen molar-refractivity contribution in [2.75, 3.05) is 13.2 Å². The average Bonchev–Trinajstić information content (AvgIpc) is 2.18. The molecule has 1 aliphatic heterocycles. The summed E-state index contributed by atoms with van der Waals surface area (Å²) in [7, 11) is 0. The molecular formula is C10H16O3. The minimum absolute atomic E-state index is 0.104. The highest BCUT2D eigenvalue weighted by molar-refractivity contribution is 5.73. The quantitative estimate of drug-likeness (QED) is 0.493. The lowest BCUT2D eigenvalue weighted by atomic mass is 10.0. The monoisotopic (exact) mass is 184 g/mol. The van der Waals surface area contributed by atoms with Crippen molar-refractivity contribution in [2.24, 2.45) is 5.92 Å². The summed E-state index contributed by atoms with van der Waals surface area (Å²) in [5, 5.41) is 0. The molecule has 0 radical (unpaired) electrons. The van der Waals surface area contributed by atoms with Gasteiger partial charge in [-0.15, -0.1) is 0 Å². The van der Waals surface area contributed by atoms with E-state index in [0.717, 1.165) is 6.42 Å². The van der Waals surface area contributed by atoms with Crippen LogP contribution in [0.1, 0.15) is 20.3 Å². The van der Waals surface area contributed by atoms with Crippen molar-refractivity contribution in [1.82, 2.24) is 0 Å². The van der Waals surface area contributed by atoms with Gasteiger partial charge >= 0.3 is 5.97 Å². The minimum Gasteiger partial charge on any atom is -0.466 e. The highest BCUT2D eigenvalue weighted by atomic mass is 16.5. The number of hydrogen-bond donors (Lipinski definition) is 0. The Morgan fingerprint density at radius 2 is 2.54 bits per heavy atom. The number of rotatable bonds is 3. The Hall–Kier alpha value is -0.830. The van der Waals surface area contributed by atoms with Crippen LogP contribution >= 0.6 is 0 Å². The van der Waals surface area contributed by atoms with Gasteiger partial charge in [0.2, 0.25) is 0 Å². The molecule has 0 unspecified atom stereocenters. The van der Waals surface area contributed by atoms with E-state index < -0.39 is 0 Å². The van der Waals surface area contributed by atoms with E-state index in [0.29, 0.717) is 13.2 Å². The van der Waals surface area contributed by atoms with E-state index >= 15 is 0 Å². The van der Waals surface area contributed by atoms with Gasteiger partial charge in [0.25, 0.3) is 0 Å². The molecule has 0 saturated carbocycles. The maximum absolute atomic E-state index is 11.3. The van der Waals surface area contributed by atoms with Gasteiger partial charge in [0.15, 0.2) is 0 Å². The molecule has 1 aliphatic rings. The molecule has 3 heteroatoms. The third-order valence-electron chi connectivity index (χ3n) is 2.07. The largest absolute Gasteiger partial charge is 0.466 e. The molecule has 0 aromatic rings. The summed E-state index contributed by atoms with van der Waals surface area (Å²) < 4.78 is 10.3. The fourth-order valence-corrected chi connectivity index (χ4v) is 1.28. The van der Waals surface area contributed by atoms with Crippen LogP contribution in [0.4, 0.5) is 0 Å².